The fourth-order valence-electron chi connectivity index (χ4n) is 4.21. The maximum Gasteiger partial charge on any atom is 0.258 e. The summed E-state index contributed by atoms with van der Waals surface area (Å²) < 4.78 is 11.8. The van der Waals surface area contributed by atoms with Crippen LogP contribution in [0.5, 0.6) is 5.75 Å². The van der Waals surface area contributed by atoms with E-state index in [2.05, 4.69) is 29.6 Å². The zero-order valence-corrected chi connectivity index (χ0v) is 18.3. The number of anilines is 1. The maximum absolute atomic E-state index is 13.5. The zero-order valence-electron chi connectivity index (χ0n) is 18.3. The van der Waals surface area contributed by atoms with Crippen molar-refractivity contribution in [1.82, 2.24) is 4.90 Å². The van der Waals surface area contributed by atoms with Crippen molar-refractivity contribution in [2.45, 2.75) is 25.6 Å². The molecule has 1 amide bonds. The molecule has 0 aliphatic carbocycles. The summed E-state index contributed by atoms with van der Waals surface area (Å²) in [4.78, 5) is 15.3. The number of benzene rings is 3. The molecule has 33 heavy (non-hydrogen) atoms. The van der Waals surface area contributed by atoms with Crippen molar-refractivity contribution in [3.05, 3.63) is 120 Å². The van der Waals surface area contributed by atoms with E-state index < -0.39 is 0 Å². The lowest BCUT2D eigenvalue weighted by Gasteiger charge is -2.38. The summed E-state index contributed by atoms with van der Waals surface area (Å²) in [5, 5.41) is 3.55. The minimum absolute atomic E-state index is 0.0374. The molecule has 5 rings (SSSR count). The lowest BCUT2D eigenvalue weighted by molar-refractivity contribution is 0.0648. The van der Waals surface area contributed by atoms with Crippen LogP contribution in [-0.4, -0.2) is 17.4 Å². The Labute approximate surface area is 193 Å². The lowest BCUT2D eigenvalue weighted by Crippen LogP contribution is -2.42. The second-order valence-electron chi connectivity index (χ2n) is 8.08. The summed E-state index contributed by atoms with van der Waals surface area (Å²) in [7, 11) is 0. The van der Waals surface area contributed by atoms with Gasteiger partial charge in [-0.25, -0.2) is 0 Å². The molecule has 0 saturated carbocycles. The Morgan fingerprint density at radius 2 is 1.67 bits per heavy atom. The average molecular weight is 439 g/mol. The van der Waals surface area contributed by atoms with Crippen LogP contribution in [0, 0.1) is 0 Å². The summed E-state index contributed by atoms with van der Waals surface area (Å²) in [5.74, 6) is 1.47. The van der Waals surface area contributed by atoms with Crippen molar-refractivity contribution >= 4 is 11.6 Å². The van der Waals surface area contributed by atoms with E-state index in [4.69, 9.17) is 9.15 Å². The second-order valence-corrected chi connectivity index (χ2v) is 8.08. The third-order valence-electron chi connectivity index (χ3n) is 5.85. The minimum Gasteiger partial charge on any atom is -0.493 e. The molecule has 166 valence electrons. The van der Waals surface area contributed by atoms with Gasteiger partial charge < -0.3 is 19.4 Å². The number of amides is 1. The predicted octanol–water partition coefficient (Wildman–Crippen LogP) is 6.06. The molecule has 4 aromatic rings. The molecule has 0 radical (unpaired) electrons. The molecule has 1 aromatic heterocycles. The van der Waals surface area contributed by atoms with E-state index in [1.165, 1.54) is 5.56 Å². The summed E-state index contributed by atoms with van der Waals surface area (Å²) in [6, 6.07) is 29.7. The molecule has 1 aliphatic heterocycles. The van der Waals surface area contributed by atoms with Gasteiger partial charge in [-0.2, -0.15) is 0 Å². The van der Waals surface area contributed by atoms with Gasteiger partial charge in [-0.05, 0) is 48.7 Å². The van der Waals surface area contributed by atoms with Crippen LogP contribution in [0.3, 0.4) is 0 Å². The molecule has 5 nitrogen and oxygen atoms in total. The molecule has 2 heterocycles. The van der Waals surface area contributed by atoms with Crippen LogP contribution in [0.25, 0.3) is 0 Å². The summed E-state index contributed by atoms with van der Waals surface area (Å²) in [6.07, 6.45) is 3.13. The van der Waals surface area contributed by atoms with Crippen molar-refractivity contribution < 1.29 is 13.9 Å². The van der Waals surface area contributed by atoms with Gasteiger partial charge in [0.05, 0.1) is 25.0 Å². The molecule has 0 spiro atoms. The van der Waals surface area contributed by atoms with Crippen LogP contribution in [0.15, 0.2) is 102 Å². The number of furan rings is 1. The molecule has 1 atom stereocenters. The largest absolute Gasteiger partial charge is 0.493 e. The molecule has 0 saturated heterocycles. The van der Waals surface area contributed by atoms with E-state index in [9.17, 15) is 4.79 Å². The molecule has 0 bridgehead atoms. The Kier molecular flexibility index (Phi) is 6.11. The molecular formula is C28H26N2O3. The molecule has 3 aromatic carbocycles. The number of carbonyl (C=O) groups is 1. The number of rotatable bonds is 8. The van der Waals surface area contributed by atoms with Crippen molar-refractivity contribution in [2.24, 2.45) is 0 Å². The highest BCUT2D eigenvalue weighted by atomic mass is 16.5. The Morgan fingerprint density at radius 1 is 0.879 bits per heavy atom. The first kappa shape index (κ1) is 20.9. The zero-order chi connectivity index (χ0) is 22.5. The van der Waals surface area contributed by atoms with Crippen molar-refractivity contribution in [2.75, 3.05) is 11.9 Å². The number of fused-ring (bicyclic) bond motifs is 1. The van der Waals surface area contributed by atoms with Crippen molar-refractivity contribution in [1.29, 1.82) is 0 Å². The first-order chi connectivity index (χ1) is 16.3. The number of para-hydroxylation sites is 2. The topological polar surface area (TPSA) is 54.7 Å². The van der Waals surface area contributed by atoms with Crippen LogP contribution >= 0.6 is 0 Å². The van der Waals surface area contributed by atoms with Crippen LogP contribution < -0.4 is 10.1 Å². The van der Waals surface area contributed by atoms with E-state index in [0.29, 0.717) is 18.7 Å². The molecule has 1 N–H and O–H groups in total. The maximum atomic E-state index is 13.5. The van der Waals surface area contributed by atoms with E-state index >= 15 is 0 Å². The third kappa shape index (κ3) is 4.62. The summed E-state index contributed by atoms with van der Waals surface area (Å²) in [5.41, 5.74) is 3.70. The van der Waals surface area contributed by atoms with E-state index in [-0.39, 0.29) is 12.1 Å². The van der Waals surface area contributed by atoms with Crippen LogP contribution in [0.4, 0.5) is 5.69 Å². The Hall–Kier alpha value is -3.99. The quantitative estimate of drug-likeness (QED) is 0.340. The summed E-state index contributed by atoms with van der Waals surface area (Å²) >= 11 is 0. The molecule has 1 unspecified atom stereocenters. The van der Waals surface area contributed by atoms with E-state index in [1.807, 2.05) is 66.7 Å². The number of hydrogen-bond acceptors (Lipinski definition) is 4. The van der Waals surface area contributed by atoms with Crippen molar-refractivity contribution in [3.8, 4) is 5.75 Å². The van der Waals surface area contributed by atoms with Gasteiger partial charge in [0.15, 0.2) is 0 Å². The van der Waals surface area contributed by atoms with Gasteiger partial charge in [-0.1, -0.05) is 60.7 Å². The number of nitrogens with zero attached hydrogens (tertiary/aromatic N) is 1. The highest BCUT2D eigenvalue weighted by molar-refractivity contribution is 6.01. The highest BCUT2D eigenvalue weighted by Gasteiger charge is 2.34. The minimum atomic E-state index is -0.372. The van der Waals surface area contributed by atoms with Gasteiger partial charge in [0.25, 0.3) is 5.91 Å². The molecule has 0 fully saturated rings. The molecule has 1 aliphatic rings. The number of aryl methyl sites for hydroxylation is 1. The predicted molar refractivity (Wildman–Crippen MR) is 128 cm³/mol. The van der Waals surface area contributed by atoms with Gasteiger partial charge in [0, 0.05) is 11.3 Å². The van der Waals surface area contributed by atoms with E-state index in [1.54, 1.807) is 11.2 Å². The van der Waals surface area contributed by atoms with Crippen LogP contribution in [0.1, 0.15) is 39.8 Å². The monoisotopic (exact) mass is 438 g/mol. The highest BCUT2D eigenvalue weighted by Crippen LogP contribution is 2.37. The smallest absolute Gasteiger partial charge is 0.258 e. The third-order valence-corrected chi connectivity index (χ3v) is 5.85. The Morgan fingerprint density at radius 3 is 2.52 bits per heavy atom. The fraction of sp³-hybridized carbons (Fsp3) is 0.179. The molecular weight excluding hydrogens is 412 g/mol. The first-order valence-corrected chi connectivity index (χ1v) is 11.2. The number of hydrogen-bond donors (Lipinski definition) is 1. The van der Waals surface area contributed by atoms with Crippen molar-refractivity contribution in [3.63, 3.8) is 0 Å². The average Bonchev–Trinajstić information content (AvgIpc) is 3.38. The summed E-state index contributed by atoms with van der Waals surface area (Å²) in [6.45, 7) is 0.960. The Balaban J connectivity index is 1.38. The van der Waals surface area contributed by atoms with Gasteiger partial charge in [0.1, 0.15) is 17.7 Å². The molecule has 5 heteroatoms. The second kappa shape index (κ2) is 9.65. The number of nitrogens with one attached hydrogen (secondary N) is 1. The number of ether oxygens (including phenoxy) is 1. The standard InChI is InChI=1S/C28H26N2O3/c31-28-23-14-4-6-16-25(23)29-27(30(28)20-22-13-9-18-32-22)24-15-5-7-17-26(24)33-19-8-12-21-10-2-1-3-11-21/h1-7,9-11,13-18,27,29H,8,12,19-20H2. The van der Waals surface area contributed by atoms with Crippen LogP contribution in [0.2, 0.25) is 0 Å². The lowest BCUT2D eigenvalue weighted by atomic mass is 10.0. The van der Waals surface area contributed by atoms with Gasteiger partial charge >= 0.3 is 0 Å². The van der Waals surface area contributed by atoms with Crippen LogP contribution in [-0.2, 0) is 13.0 Å². The van der Waals surface area contributed by atoms with E-state index in [0.717, 1.165) is 35.6 Å². The first-order valence-electron chi connectivity index (χ1n) is 11.2. The fourth-order valence-corrected chi connectivity index (χ4v) is 4.21. The van der Waals surface area contributed by atoms with Gasteiger partial charge in [-0.15, -0.1) is 0 Å². The normalized spacial score (nSPS) is 15.1. The Bertz CT molecular complexity index is 1200. The SMILES string of the molecule is O=C1c2ccccc2NC(c2ccccc2OCCCc2ccccc2)N1Cc1ccco1. The van der Waals surface area contributed by atoms with Gasteiger partial charge in [0.2, 0.25) is 0 Å². The number of carbonyl (C=O) groups excluding carboxylic acids is 1. The van der Waals surface area contributed by atoms with Gasteiger partial charge in [-0.3, -0.25) is 4.79 Å².